The lowest BCUT2D eigenvalue weighted by molar-refractivity contribution is 0.433. The molecule has 0 aliphatic rings. The summed E-state index contributed by atoms with van der Waals surface area (Å²) in [5, 5.41) is 4.17. The smallest absolute Gasteiger partial charge is 0.166 e. The lowest BCUT2D eigenvalue weighted by Crippen LogP contribution is -2.18. The fourth-order valence-electron chi connectivity index (χ4n) is 2.04. The SMILES string of the molecule is CCCn1cc(Oc2c(F)cccc2CC(C)N)cn1. The number of benzene rings is 1. The lowest BCUT2D eigenvalue weighted by Gasteiger charge is -2.12. The van der Waals surface area contributed by atoms with Crippen LogP contribution >= 0.6 is 0 Å². The van der Waals surface area contributed by atoms with Crippen molar-refractivity contribution in [2.75, 3.05) is 0 Å². The van der Waals surface area contributed by atoms with E-state index in [4.69, 9.17) is 10.5 Å². The standard InChI is InChI=1S/C15H20FN3O/c1-3-7-19-10-13(9-18-19)20-15-12(8-11(2)17)5-4-6-14(15)16/h4-6,9-11H,3,7-8,17H2,1-2H3. The Kier molecular flexibility index (Phi) is 4.74. The van der Waals surface area contributed by atoms with E-state index in [2.05, 4.69) is 12.0 Å². The van der Waals surface area contributed by atoms with Gasteiger partial charge in [0.25, 0.3) is 0 Å². The van der Waals surface area contributed by atoms with E-state index in [0.717, 1.165) is 18.5 Å². The zero-order valence-electron chi connectivity index (χ0n) is 11.8. The van der Waals surface area contributed by atoms with Crippen LogP contribution in [0, 0.1) is 5.82 Å². The third-order valence-electron chi connectivity index (χ3n) is 2.87. The first-order chi connectivity index (χ1) is 9.60. The summed E-state index contributed by atoms with van der Waals surface area (Å²) in [6.45, 7) is 4.76. The third kappa shape index (κ3) is 3.57. The molecule has 0 saturated carbocycles. The summed E-state index contributed by atoms with van der Waals surface area (Å²) in [5.41, 5.74) is 6.55. The topological polar surface area (TPSA) is 53.1 Å². The van der Waals surface area contributed by atoms with E-state index in [9.17, 15) is 4.39 Å². The summed E-state index contributed by atoms with van der Waals surface area (Å²) in [6.07, 6.45) is 4.91. The highest BCUT2D eigenvalue weighted by atomic mass is 19.1. The van der Waals surface area contributed by atoms with E-state index in [1.54, 1.807) is 23.1 Å². The Morgan fingerprint density at radius 2 is 2.25 bits per heavy atom. The zero-order valence-corrected chi connectivity index (χ0v) is 11.8. The molecule has 1 unspecified atom stereocenters. The Bertz CT molecular complexity index is 566. The van der Waals surface area contributed by atoms with Crippen LogP contribution in [0.2, 0.25) is 0 Å². The van der Waals surface area contributed by atoms with Crippen molar-refractivity contribution in [3.8, 4) is 11.5 Å². The van der Waals surface area contributed by atoms with Crippen molar-refractivity contribution in [3.63, 3.8) is 0 Å². The molecule has 0 bridgehead atoms. The normalized spacial score (nSPS) is 12.4. The van der Waals surface area contributed by atoms with Gasteiger partial charge in [-0.05, 0) is 31.4 Å². The van der Waals surface area contributed by atoms with Gasteiger partial charge in [0.1, 0.15) is 0 Å². The maximum absolute atomic E-state index is 13.9. The van der Waals surface area contributed by atoms with E-state index < -0.39 is 0 Å². The summed E-state index contributed by atoms with van der Waals surface area (Å²) in [5.74, 6) is 0.390. The van der Waals surface area contributed by atoms with Gasteiger partial charge in [-0.1, -0.05) is 19.1 Å². The van der Waals surface area contributed by atoms with E-state index in [-0.39, 0.29) is 17.6 Å². The van der Waals surface area contributed by atoms with Gasteiger partial charge >= 0.3 is 0 Å². The fraction of sp³-hybridized carbons (Fsp3) is 0.400. The molecule has 1 aromatic carbocycles. The molecule has 0 saturated heterocycles. The summed E-state index contributed by atoms with van der Waals surface area (Å²) in [4.78, 5) is 0. The number of aryl methyl sites for hydroxylation is 1. The van der Waals surface area contributed by atoms with Gasteiger partial charge in [-0.2, -0.15) is 5.10 Å². The van der Waals surface area contributed by atoms with Gasteiger partial charge in [-0.25, -0.2) is 4.39 Å². The quantitative estimate of drug-likeness (QED) is 0.882. The number of ether oxygens (including phenoxy) is 1. The monoisotopic (exact) mass is 277 g/mol. The Hall–Kier alpha value is -1.88. The molecular weight excluding hydrogens is 257 g/mol. The van der Waals surface area contributed by atoms with Crippen LogP contribution in [0.15, 0.2) is 30.6 Å². The Balaban J connectivity index is 2.22. The van der Waals surface area contributed by atoms with Gasteiger partial charge in [0.2, 0.25) is 0 Å². The molecule has 0 radical (unpaired) electrons. The number of para-hydroxylation sites is 1. The minimum atomic E-state index is -0.383. The molecule has 2 N–H and O–H groups in total. The number of aromatic nitrogens is 2. The van der Waals surface area contributed by atoms with Crippen molar-refractivity contribution in [3.05, 3.63) is 42.0 Å². The largest absolute Gasteiger partial charge is 0.451 e. The highest BCUT2D eigenvalue weighted by molar-refractivity contribution is 5.38. The summed E-state index contributed by atoms with van der Waals surface area (Å²) in [6, 6.07) is 4.83. The van der Waals surface area contributed by atoms with E-state index >= 15 is 0 Å². The first-order valence-corrected chi connectivity index (χ1v) is 6.83. The minimum Gasteiger partial charge on any atom is -0.451 e. The summed E-state index contributed by atoms with van der Waals surface area (Å²) < 4.78 is 21.4. The third-order valence-corrected chi connectivity index (χ3v) is 2.87. The number of nitrogens with zero attached hydrogens (tertiary/aromatic N) is 2. The fourth-order valence-corrected chi connectivity index (χ4v) is 2.04. The van der Waals surface area contributed by atoms with Crippen LogP contribution < -0.4 is 10.5 Å². The second-order valence-corrected chi connectivity index (χ2v) is 4.95. The minimum absolute atomic E-state index is 0.0537. The first-order valence-electron chi connectivity index (χ1n) is 6.83. The number of nitrogens with two attached hydrogens (primary N) is 1. The van der Waals surface area contributed by atoms with Crippen molar-refractivity contribution in [2.24, 2.45) is 5.73 Å². The average molecular weight is 277 g/mol. The molecule has 0 fully saturated rings. The van der Waals surface area contributed by atoms with Crippen molar-refractivity contribution in [1.82, 2.24) is 9.78 Å². The highest BCUT2D eigenvalue weighted by Crippen LogP contribution is 2.29. The van der Waals surface area contributed by atoms with E-state index in [0.29, 0.717) is 12.2 Å². The number of hydrogen-bond donors (Lipinski definition) is 1. The Labute approximate surface area is 118 Å². The molecule has 1 aromatic heterocycles. The maximum Gasteiger partial charge on any atom is 0.166 e. The number of rotatable bonds is 6. The number of halogens is 1. The molecule has 0 aliphatic heterocycles. The van der Waals surface area contributed by atoms with Crippen LogP contribution in [0.25, 0.3) is 0 Å². The molecule has 2 aromatic rings. The number of hydrogen-bond acceptors (Lipinski definition) is 3. The molecule has 5 heteroatoms. The zero-order chi connectivity index (χ0) is 14.5. The second kappa shape index (κ2) is 6.52. The summed E-state index contributed by atoms with van der Waals surface area (Å²) >= 11 is 0. The first kappa shape index (κ1) is 14.5. The van der Waals surface area contributed by atoms with Crippen LogP contribution in [0.4, 0.5) is 4.39 Å². The van der Waals surface area contributed by atoms with Crippen LogP contribution in [0.3, 0.4) is 0 Å². The predicted octanol–water partition coefficient (Wildman–Crippen LogP) is 3.11. The van der Waals surface area contributed by atoms with Gasteiger partial charge in [0.05, 0.1) is 12.4 Å². The molecular formula is C15H20FN3O. The maximum atomic E-state index is 13.9. The van der Waals surface area contributed by atoms with E-state index in [1.165, 1.54) is 6.07 Å². The molecule has 0 spiro atoms. The highest BCUT2D eigenvalue weighted by Gasteiger charge is 2.13. The van der Waals surface area contributed by atoms with Crippen LogP contribution in [0.1, 0.15) is 25.8 Å². The average Bonchev–Trinajstić information content (AvgIpc) is 2.81. The van der Waals surface area contributed by atoms with Gasteiger partial charge in [-0.15, -0.1) is 0 Å². The summed E-state index contributed by atoms with van der Waals surface area (Å²) in [7, 11) is 0. The second-order valence-electron chi connectivity index (χ2n) is 4.95. The molecule has 20 heavy (non-hydrogen) atoms. The molecule has 0 amide bonds. The van der Waals surface area contributed by atoms with Crippen LogP contribution in [0.5, 0.6) is 11.5 Å². The van der Waals surface area contributed by atoms with Crippen LogP contribution in [-0.4, -0.2) is 15.8 Å². The van der Waals surface area contributed by atoms with Crippen molar-refractivity contribution in [1.29, 1.82) is 0 Å². The molecule has 108 valence electrons. The molecule has 4 nitrogen and oxygen atoms in total. The Morgan fingerprint density at radius 3 is 2.95 bits per heavy atom. The lowest BCUT2D eigenvalue weighted by atomic mass is 10.1. The Morgan fingerprint density at radius 1 is 1.45 bits per heavy atom. The van der Waals surface area contributed by atoms with Gasteiger partial charge in [0, 0.05) is 12.6 Å². The van der Waals surface area contributed by atoms with E-state index in [1.807, 2.05) is 13.0 Å². The molecule has 0 aliphatic carbocycles. The van der Waals surface area contributed by atoms with Crippen molar-refractivity contribution in [2.45, 2.75) is 39.3 Å². The van der Waals surface area contributed by atoms with Gasteiger partial charge < -0.3 is 10.5 Å². The van der Waals surface area contributed by atoms with Gasteiger partial charge in [-0.3, -0.25) is 4.68 Å². The predicted molar refractivity (Wildman–Crippen MR) is 76.3 cm³/mol. The van der Waals surface area contributed by atoms with Crippen molar-refractivity contribution < 1.29 is 9.13 Å². The molecule has 2 rings (SSSR count). The van der Waals surface area contributed by atoms with Crippen LogP contribution in [-0.2, 0) is 13.0 Å². The van der Waals surface area contributed by atoms with Gasteiger partial charge in [0.15, 0.2) is 17.3 Å². The molecule has 1 atom stereocenters. The van der Waals surface area contributed by atoms with Crippen molar-refractivity contribution >= 4 is 0 Å². The molecule has 1 heterocycles.